The molecule has 1 fully saturated rings. The van der Waals surface area contributed by atoms with Gasteiger partial charge in [-0.15, -0.1) is 5.10 Å². The van der Waals surface area contributed by atoms with Crippen LogP contribution in [0.3, 0.4) is 0 Å². The van der Waals surface area contributed by atoms with Gasteiger partial charge in [-0.1, -0.05) is 19.3 Å². The summed E-state index contributed by atoms with van der Waals surface area (Å²) in [4.78, 5) is 23.5. The number of alkyl halides is 3. The summed E-state index contributed by atoms with van der Waals surface area (Å²) >= 11 is 0. The predicted molar refractivity (Wildman–Crippen MR) is 76.7 cm³/mol. The molecule has 0 atom stereocenters. The minimum Gasteiger partial charge on any atom is -0.354 e. The van der Waals surface area contributed by atoms with Crippen LogP contribution < -0.4 is 11.0 Å². The Morgan fingerprint density at radius 3 is 2.52 bits per heavy atom. The van der Waals surface area contributed by atoms with Crippen LogP contribution in [0.15, 0.2) is 4.79 Å². The van der Waals surface area contributed by atoms with Crippen molar-refractivity contribution in [2.24, 2.45) is 13.0 Å². The molecule has 0 aliphatic heterocycles. The first-order chi connectivity index (χ1) is 10.8. The Hall–Kier alpha value is -1.80. The van der Waals surface area contributed by atoms with Crippen LogP contribution in [0.25, 0.3) is 0 Å². The monoisotopic (exact) mass is 334 g/mol. The molecule has 1 saturated carbocycles. The number of amides is 1. The standard InChI is InChI=1S/C14H21F3N4O2/c1-20-12(14(15,16)17)19-21(13(20)23)8-7-18-11(22)9-10-5-3-2-4-6-10/h10H,2-9H2,1H3,(H,18,22). The lowest BCUT2D eigenvalue weighted by Gasteiger charge is -2.20. The molecule has 0 spiro atoms. The van der Waals surface area contributed by atoms with E-state index in [0.29, 0.717) is 16.9 Å². The van der Waals surface area contributed by atoms with Gasteiger partial charge >= 0.3 is 11.9 Å². The van der Waals surface area contributed by atoms with Crippen LogP contribution in [0.5, 0.6) is 0 Å². The fraction of sp³-hybridized carbons (Fsp3) is 0.786. The highest BCUT2D eigenvalue weighted by Gasteiger charge is 2.37. The molecule has 6 nitrogen and oxygen atoms in total. The van der Waals surface area contributed by atoms with Gasteiger partial charge < -0.3 is 5.32 Å². The molecule has 1 aliphatic carbocycles. The topological polar surface area (TPSA) is 68.9 Å². The first kappa shape index (κ1) is 17.6. The first-order valence-corrected chi connectivity index (χ1v) is 7.76. The van der Waals surface area contributed by atoms with E-state index in [1.165, 1.54) is 6.42 Å². The van der Waals surface area contributed by atoms with Gasteiger partial charge in [-0.05, 0) is 18.8 Å². The number of nitrogens with one attached hydrogen (secondary N) is 1. The third kappa shape index (κ3) is 4.59. The zero-order valence-corrected chi connectivity index (χ0v) is 13.0. The predicted octanol–water partition coefficient (Wildman–Crippen LogP) is 1.69. The summed E-state index contributed by atoms with van der Waals surface area (Å²) in [6, 6.07) is 0. The van der Waals surface area contributed by atoms with Gasteiger partial charge in [0.2, 0.25) is 11.7 Å². The van der Waals surface area contributed by atoms with Gasteiger partial charge in [-0.2, -0.15) is 13.2 Å². The van der Waals surface area contributed by atoms with E-state index in [4.69, 9.17) is 0 Å². The molecule has 1 aliphatic rings. The summed E-state index contributed by atoms with van der Waals surface area (Å²) in [6.45, 7) is -0.00106. The van der Waals surface area contributed by atoms with Crippen molar-refractivity contribution >= 4 is 5.91 Å². The van der Waals surface area contributed by atoms with Gasteiger partial charge in [0.15, 0.2) is 0 Å². The van der Waals surface area contributed by atoms with Gasteiger partial charge in [-0.25, -0.2) is 9.48 Å². The average Bonchev–Trinajstić information content (AvgIpc) is 2.76. The SMILES string of the molecule is Cn1c(C(F)(F)F)nn(CCNC(=O)CC2CCCCC2)c1=O. The summed E-state index contributed by atoms with van der Waals surface area (Å²) in [5, 5.41) is 5.93. The van der Waals surface area contributed by atoms with Crippen LogP contribution >= 0.6 is 0 Å². The summed E-state index contributed by atoms with van der Waals surface area (Å²) < 4.78 is 39.1. The second-order valence-electron chi connectivity index (χ2n) is 5.94. The molecule has 1 aromatic heterocycles. The lowest BCUT2D eigenvalue weighted by molar-refractivity contribution is -0.147. The van der Waals surface area contributed by atoms with Gasteiger partial charge in [0.1, 0.15) is 0 Å². The van der Waals surface area contributed by atoms with Gasteiger partial charge in [0, 0.05) is 20.0 Å². The zero-order valence-electron chi connectivity index (χ0n) is 13.0. The molecule has 0 saturated heterocycles. The van der Waals surface area contributed by atoms with Crippen LogP contribution in [-0.4, -0.2) is 26.8 Å². The lowest BCUT2D eigenvalue weighted by Crippen LogP contribution is -2.32. The maximum atomic E-state index is 12.6. The fourth-order valence-electron chi connectivity index (χ4n) is 2.91. The highest BCUT2D eigenvalue weighted by Crippen LogP contribution is 2.26. The van der Waals surface area contributed by atoms with E-state index in [9.17, 15) is 22.8 Å². The van der Waals surface area contributed by atoms with E-state index < -0.39 is 17.7 Å². The number of hydrogen-bond acceptors (Lipinski definition) is 3. The summed E-state index contributed by atoms with van der Waals surface area (Å²) in [6.07, 6.45) is 1.34. The van der Waals surface area contributed by atoms with Crippen LogP contribution in [0.2, 0.25) is 0 Å². The number of nitrogens with zero attached hydrogens (tertiary/aromatic N) is 3. The number of rotatable bonds is 5. The molecule has 0 bridgehead atoms. The molecular weight excluding hydrogens is 313 g/mol. The van der Waals surface area contributed by atoms with Crippen molar-refractivity contribution in [3.8, 4) is 0 Å². The van der Waals surface area contributed by atoms with Gasteiger partial charge in [0.25, 0.3) is 0 Å². The zero-order chi connectivity index (χ0) is 17.0. The molecule has 1 N–H and O–H groups in total. The smallest absolute Gasteiger partial charge is 0.354 e. The van der Waals surface area contributed by atoms with Gasteiger partial charge in [0.05, 0.1) is 6.54 Å². The second-order valence-corrected chi connectivity index (χ2v) is 5.94. The Morgan fingerprint density at radius 1 is 1.30 bits per heavy atom. The molecule has 1 aromatic rings. The van der Waals surface area contributed by atoms with Crippen molar-refractivity contribution in [3.63, 3.8) is 0 Å². The number of carbonyl (C=O) groups excluding carboxylic acids is 1. The van der Waals surface area contributed by atoms with Crippen LogP contribution in [0.1, 0.15) is 44.3 Å². The molecular formula is C14H21F3N4O2. The van der Waals surface area contributed by atoms with Crippen molar-refractivity contribution in [1.29, 1.82) is 0 Å². The second kappa shape index (κ2) is 7.18. The Bertz CT molecular complexity index is 600. The minimum atomic E-state index is -4.68. The lowest BCUT2D eigenvalue weighted by atomic mass is 9.87. The number of hydrogen-bond donors (Lipinski definition) is 1. The van der Waals surface area contributed by atoms with Crippen molar-refractivity contribution in [3.05, 3.63) is 16.3 Å². The molecule has 23 heavy (non-hydrogen) atoms. The van der Waals surface area contributed by atoms with Crippen LogP contribution in [0.4, 0.5) is 13.2 Å². The molecule has 0 unspecified atom stereocenters. The largest absolute Gasteiger partial charge is 0.451 e. The summed E-state index contributed by atoms with van der Waals surface area (Å²) in [5.41, 5.74) is -0.848. The third-order valence-electron chi connectivity index (χ3n) is 4.14. The minimum absolute atomic E-state index is 0.0831. The van der Waals surface area contributed by atoms with E-state index in [-0.39, 0.29) is 19.0 Å². The molecule has 0 aromatic carbocycles. The maximum absolute atomic E-state index is 12.6. The molecule has 2 rings (SSSR count). The number of carbonyl (C=O) groups is 1. The maximum Gasteiger partial charge on any atom is 0.451 e. The Labute approximate surface area is 131 Å². The number of halogens is 3. The van der Waals surface area contributed by atoms with Crippen LogP contribution in [0, 0.1) is 5.92 Å². The Kier molecular flexibility index (Phi) is 5.48. The quantitative estimate of drug-likeness (QED) is 0.891. The van der Waals surface area contributed by atoms with Gasteiger partial charge in [-0.3, -0.25) is 9.36 Å². The van der Waals surface area contributed by atoms with E-state index in [1.807, 2.05) is 0 Å². The van der Waals surface area contributed by atoms with Crippen molar-refractivity contribution in [2.45, 2.75) is 51.2 Å². The number of aromatic nitrogens is 3. The summed E-state index contributed by atoms with van der Waals surface area (Å²) in [5.74, 6) is -0.980. The van der Waals surface area contributed by atoms with E-state index in [0.717, 1.165) is 37.4 Å². The Morgan fingerprint density at radius 2 is 1.96 bits per heavy atom. The highest BCUT2D eigenvalue weighted by molar-refractivity contribution is 5.76. The first-order valence-electron chi connectivity index (χ1n) is 7.76. The average molecular weight is 334 g/mol. The highest BCUT2D eigenvalue weighted by atomic mass is 19.4. The van der Waals surface area contributed by atoms with Crippen molar-refractivity contribution in [2.75, 3.05) is 6.54 Å². The van der Waals surface area contributed by atoms with Crippen LogP contribution in [-0.2, 0) is 24.6 Å². The molecule has 130 valence electrons. The fourth-order valence-corrected chi connectivity index (χ4v) is 2.91. The molecule has 0 radical (unpaired) electrons. The molecule has 9 heteroatoms. The normalized spacial score (nSPS) is 16.5. The molecule has 1 heterocycles. The van der Waals surface area contributed by atoms with Crippen molar-refractivity contribution < 1.29 is 18.0 Å². The van der Waals surface area contributed by atoms with E-state index >= 15 is 0 Å². The molecule has 1 amide bonds. The van der Waals surface area contributed by atoms with E-state index in [1.54, 1.807) is 0 Å². The van der Waals surface area contributed by atoms with Crippen molar-refractivity contribution in [1.82, 2.24) is 19.7 Å². The Balaban J connectivity index is 1.84. The van der Waals surface area contributed by atoms with E-state index in [2.05, 4.69) is 10.4 Å². The third-order valence-corrected chi connectivity index (χ3v) is 4.14. The summed E-state index contributed by atoms with van der Waals surface area (Å²) in [7, 11) is 1.02.